The van der Waals surface area contributed by atoms with Crippen molar-refractivity contribution in [2.45, 2.75) is 19.4 Å². The minimum Gasteiger partial charge on any atom is -0.466 e. The first-order valence-electron chi connectivity index (χ1n) is 5.06. The Kier molecular flexibility index (Phi) is 4.09. The van der Waals surface area contributed by atoms with Gasteiger partial charge in [-0.3, -0.25) is 0 Å². The Balaban J connectivity index is 2.25. The SMILES string of the molecule is CCCNC(c1cnns1)c1occc1Br. The molecule has 0 saturated carbocycles. The summed E-state index contributed by atoms with van der Waals surface area (Å²) in [5, 5.41) is 7.28. The van der Waals surface area contributed by atoms with Crippen LogP contribution in [0.2, 0.25) is 0 Å². The van der Waals surface area contributed by atoms with Gasteiger partial charge in [-0.1, -0.05) is 11.4 Å². The van der Waals surface area contributed by atoms with Crippen molar-refractivity contribution in [3.05, 3.63) is 33.6 Å². The molecule has 2 rings (SSSR count). The van der Waals surface area contributed by atoms with Gasteiger partial charge < -0.3 is 9.73 Å². The van der Waals surface area contributed by atoms with E-state index in [1.807, 2.05) is 6.07 Å². The quantitative estimate of drug-likeness (QED) is 0.922. The third-order valence-electron chi connectivity index (χ3n) is 2.17. The Labute approximate surface area is 106 Å². The molecule has 2 aromatic heterocycles. The molecule has 1 atom stereocenters. The van der Waals surface area contributed by atoms with Crippen LogP contribution in [0.1, 0.15) is 30.0 Å². The lowest BCUT2D eigenvalue weighted by Gasteiger charge is -2.14. The number of furan rings is 1. The fraction of sp³-hybridized carbons (Fsp3) is 0.400. The van der Waals surface area contributed by atoms with Crippen LogP contribution in [-0.4, -0.2) is 16.1 Å². The number of aromatic nitrogens is 2. The van der Waals surface area contributed by atoms with Gasteiger partial charge in [-0.2, -0.15) is 0 Å². The molecular formula is C10H12BrN3OS. The highest BCUT2D eigenvalue weighted by Gasteiger charge is 2.21. The highest BCUT2D eigenvalue weighted by atomic mass is 79.9. The van der Waals surface area contributed by atoms with Gasteiger partial charge in [0.1, 0.15) is 11.8 Å². The average Bonchev–Trinajstić information content (AvgIpc) is 2.91. The van der Waals surface area contributed by atoms with Gasteiger partial charge >= 0.3 is 0 Å². The summed E-state index contributed by atoms with van der Waals surface area (Å²) in [6.45, 7) is 3.06. The Hall–Kier alpha value is -0.720. The molecule has 0 saturated heterocycles. The van der Waals surface area contributed by atoms with Crippen LogP contribution >= 0.6 is 27.5 Å². The van der Waals surface area contributed by atoms with Gasteiger partial charge in [-0.05, 0) is 46.5 Å². The first kappa shape index (κ1) is 11.8. The minimum absolute atomic E-state index is 0.0318. The van der Waals surface area contributed by atoms with Crippen LogP contribution in [0.5, 0.6) is 0 Å². The van der Waals surface area contributed by atoms with E-state index in [2.05, 4.69) is 37.8 Å². The smallest absolute Gasteiger partial charge is 0.140 e. The van der Waals surface area contributed by atoms with Crippen molar-refractivity contribution in [1.82, 2.24) is 14.9 Å². The molecule has 2 aromatic rings. The van der Waals surface area contributed by atoms with E-state index in [1.54, 1.807) is 12.5 Å². The van der Waals surface area contributed by atoms with Gasteiger partial charge in [0.2, 0.25) is 0 Å². The Morgan fingerprint density at radius 3 is 3.06 bits per heavy atom. The summed E-state index contributed by atoms with van der Waals surface area (Å²) >= 11 is 4.86. The molecule has 6 heteroatoms. The summed E-state index contributed by atoms with van der Waals surface area (Å²) in [6, 6.07) is 1.93. The van der Waals surface area contributed by atoms with Gasteiger partial charge in [0.15, 0.2) is 0 Å². The largest absolute Gasteiger partial charge is 0.466 e. The van der Waals surface area contributed by atoms with E-state index in [4.69, 9.17) is 4.42 Å². The molecular weight excluding hydrogens is 290 g/mol. The van der Waals surface area contributed by atoms with Gasteiger partial charge in [0.25, 0.3) is 0 Å². The zero-order valence-electron chi connectivity index (χ0n) is 8.81. The number of halogens is 1. The van der Waals surface area contributed by atoms with Crippen LogP contribution < -0.4 is 5.32 Å². The van der Waals surface area contributed by atoms with Gasteiger partial charge in [-0.15, -0.1) is 5.10 Å². The van der Waals surface area contributed by atoms with E-state index in [1.165, 1.54) is 11.5 Å². The van der Waals surface area contributed by atoms with Crippen molar-refractivity contribution < 1.29 is 4.42 Å². The van der Waals surface area contributed by atoms with Crippen LogP contribution in [0.4, 0.5) is 0 Å². The van der Waals surface area contributed by atoms with Crippen molar-refractivity contribution in [2.24, 2.45) is 0 Å². The van der Waals surface area contributed by atoms with E-state index in [0.29, 0.717) is 0 Å². The third-order valence-corrected chi connectivity index (χ3v) is 3.55. The predicted molar refractivity (Wildman–Crippen MR) is 66.5 cm³/mol. The molecule has 4 nitrogen and oxygen atoms in total. The van der Waals surface area contributed by atoms with Crippen LogP contribution in [0.3, 0.4) is 0 Å². The molecule has 1 N–H and O–H groups in total. The summed E-state index contributed by atoms with van der Waals surface area (Å²) in [4.78, 5) is 1.06. The minimum atomic E-state index is 0.0318. The lowest BCUT2D eigenvalue weighted by atomic mass is 10.2. The molecule has 0 amide bonds. The first-order valence-corrected chi connectivity index (χ1v) is 6.63. The fourth-order valence-corrected chi connectivity index (χ4v) is 2.43. The second-order valence-corrected chi connectivity index (χ2v) is 5.01. The maximum Gasteiger partial charge on any atom is 0.140 e. The van der Waals surface area contributed by atoms with Crippen molar-refractivity contribution in [3.63, 3.8) is 0 Å². The molecule has 16 heavy (non-hydrogen) atoms. The zero-order valence-corrected chi connectivity index (χ0v) is 11.2. The standard InChI is InChI=1S/C10H12BrN3OS/c1-2-4-12-9(8-6-13-14-16-8)10-7(11)3-5-15-10/h3,5-6,9,12H,2,4H2,1H3. The molecule has 0 radical (unpaired) electrons. The highest BCUT2D eigenvalue weighted by molar-refractivity contribution is 9.10. The fourth-order valence-electron chi connectivity index (χ4n) is 1.42. The summed E-state index contributed by atoms with van der Waals surface area (Å²) in [5.74, 6) is 0.875. The lowest BCUT2D eigenvalue weighted by Crippen LogP contribution is -2.22. The van der Waals surface area contributed by atoms with E-state index in [0.717, 1.165) is 28.1 Å². The van der Waals surface area contributed by atoms with Gasteiger partial charge in [0.05, 0.1) is 21.8 Å². The topological polar surface area (TPSA) is 51.0 Å². The molecule has 0 aliphatic heterocycles. The molecule has 0 aliphatic rings. The summed E-state index contributed by atoms with van der Waals surface area (Å²) in [7, 11) is 0. The molecule has 0 aliphatic carbocycles. The summed E-state index contributed by atoms with van der Waals surface area (Å²) in [6.07, 6.45) is 4.52. The van der Waals surface area contributed by atoms with Gasteiger partial charge in [-0.25, -0.2) is 0 Å². The Morgan fingerprint density at radius 2 is 2.50 bits per heavy atom. The van der Waals surface area contributed by atoms with E-state index < -0.39 is 0 Å². The second-order valence-electron chi connectivity index (χ2n) is 3.34. The van der Waals surface area contributed by atoms with Gasteiger partial charge in [0, 0.05) is 0 Å². The normalized spacial score (nSPS) is 12.9. The van der Waals surface area contributed by atoms with E-state index >= 15 is 0 Å². The number of rotatable bonds is 5. The van der Waals surface area contributed by atoms with E-state index in [9.17, 15) is 0 Å². The first-order chi connectivity index (χ1) is 7.83. The number of nitrogens with one attached hydrogen (secondary N) is 1. The van der Waals surface area contributed by atoms with Crippen molar-refractivity contribution in [3.8, 4) is 0 Å². The third kappa shape index (κ3) is 2.50. The van der Waals surface area contributed by atoms with Crippen molar-refractivity contribution in [1.29, 1.82) is 0 Å². The summed E-state index contributed by atoms with van der Waals surface area (Å²) in [5.41, 5.74) is 0. The van der Waals surface area contributed by atoms with E-state index in [-0.39, 0.29) is 6.04 Å². The van der Waals surface area contributed by atoms with Crippen LogP contribution in [-0.2, 0) is 0 Å². The Morgan fingerprint density at radius 1 is 1.62 bits per heavy atom. The van der Waals surface area contributed by atoms with Crippen LogP contribution in [0, 0.1) is 0 Å². The lowest BCUT2D eigenvalue weighted by molar-refractivity contribution is 0.447. The Bertz CT molecular complexity index is 429. The number of nitrogens with zero attached hydrogens (tertiary/aromatic N) is 2. The van der Waals surface area contributed by atoms with Crippen LogP contribution in [0.25, 0.3) is 0 Å². The second kappa shape index (κ2) is 5.56. The van der Waals surface area contributed by atoms with Crippen LogP contribution in [0.15, 0.2) is 27.4 Å². The monoisotopic (exact) mass is 301 g/mol. The maximum absolute atomic E-state index is 5.49. The average molecular weight is 302 g/mol. The van der Waals surface area contributed by atoms with Crippen molar-refractivity contribution >= 4 is 27.5 Å². The summed E-state index contributed by atoms with van der Waals surface area (Å²) < 4.78 is 10.3. The molecule has 0 spiro atoms. The highest BCUT2D eigenvalue weighted by Crippen LogP contribution is 2.30. The molecule has 0 fully saturated rings. The molecule has 1 unspecified atom stereocenters. The molecule has 86 valence electrons. The number of hydrogen-bond donors (Lipinski definition) is 1. The predicted octanol–water partition coefficient (Wildman–Crippen LogP) is 2.98. The molecule has 0 aromatic carbocycles. The number of hydrogen-bond acceptors (Lipinski definition) is 5. The molecule has 2 heterocycles. The van der Waals surface area contributed by atoms with Crippen molar-refractivity contribution in [2.75, 3.05) is 6.54 Å². The zero-order chi connectivity index (χ0) is 11.4. The maximum atomic E-state index is 5.49. The molecule has 0 bridgehead atoms.